The summed E-state index contributed by atoms with van der Waals surface area (Å²) in [5, 5.41) is 13.2. The summed E-state index contributed by atoms with van der Waals surface area (Å²) < 4.78 is 7.03. The van der Waals surface area contributed by atoms with Gasteiger partial charge in [0.1, 0.15) is 11.4 Å². The van der Waals surface area contributed by atoms with Crippen molar-refractivity contribution in [3.63, 3.8) is 0 Å². The third kappa shape index (κ3) is 4.67. The molecule has 4 rings (SSSR count). The Kier molecular flexibility index (Phi) is 6.45. The molecule has 3 aromatic rings. The van der Waals surface area contributed by atoms with Gasteiger partial charge in [0.15, 0.2) is 5.69 Å². The van der Waals surface area contributed by atoms with Crippen LogP contribution < -0.4 is 10.9 Å². The molecule has 0 saturated heterocycles. The van der Waals surface area contributed by atoms with Gasteiger partial charge >= 0.3 is 0 Å². The van der Waals surface area contributed by atoms with E-state index in [0.29, 0.717) is 18.0 Å². The molecule has 2 amide bonds. The van der Waals surface area contributed by atoms with Crippen molar-refractivity contribution in [2.45, 2.75) is 32.5 Å². The van der Waals surface area contributed by atoms with E-state index in [1.165, 1.54) is 9.47 Å². The number of benzene rings is 2. The molecule has 1 aromatic heterocycles. The first kappa shape index (κ1) is 24.2. The molecule has 1 aliphatic rings. The zero-order valence-electron chi connectivity index (χ0n) is 20.2. The van der Waals surface area contributed by atoms with Gasteiger partial charge in [-0.3, -0.25) is 19.0 Å². The summed E-state index contributed by atoms with van der Waals surface area (Å²) in [7, 11) is 3.39. The molecule has 0 aliphatic carbocycles. The fourth-order valence-corrected chi connectivity index (χ4v) is 4.12. The summed E-state index contributed by atoms with van der Waals surface area (Å²) in [5.41, 5.74) is 1.15. The molecule has 2 heterocycles. The second kappa shape index (κ2) is 9.34. The van der Waals surface area contributed by atoms with Gasteiger partial charge in [0.05, 0.1) is 13.2 Å². The van der Waals surface area contributed by atoms with Crippen LogP contribution in [0.2, 0.25) is 0 Å². The minimum atomic E-state index is -0.873. The SMILES string of the molecule is CN(C)C(=O)c1cccc(-c2ccccc2CNC(=O)c2nc3n(c(=O)c2O)CCOC3(C)C)c1. The Balaban J connectivity index is 1.62. The molecule has 182 valence electrons. The molecule has 0 fully saturated rings. The Bertz CT molecular complexity index is 1360. The first-order valence-corrected chi connectivity index (χ1v) is 11.3. The van der Waals surface area contributed by atoms with E-state index in [1.54, 1.807) is 34.0 Å². The van der Waals surface area contributed by atoms with Gasteiger partial charge in [-0.25, -0.2) is 4.98 Å². The van der Waals surface area contributed by atoms with Crippen LogP contribution in [0.25, 0.3) is 11.1 Å². The second-order valence-electron chi connectivity index (χ2n) is 9.07. The van der Waals surface area contributed by atoms with Crippen molar-refractivity contribution in [1.29, 1.82) is 0 Å². The minimum absolute atomic E-state index is 0.107. The van der Waals surface area contributed by atoms with Gasteiger partial charge in [0.2, 0.25) is 5.75 Å². The van der Waals surface area contributed by atoms with E-state index >= 15 is 0 Å². The topological polar surface area (TPSA) is 114 Å². The molecule has 0 saturated carbocycles. The number of carbonyl (C=O) groups is 2. The van der Waals surface area contributed by atoms with Crippen molar-refractivity contribution in [1.82, 2.24) is 19.8 Å². The largest absolute Gasteiger partial charge is 0.501 e. The molecule has 0 bridgehead atoms. The summed E-state index contributed by atoms with van der Waals surface area (Å²) in [6, 6.07) is 14.8. The monoisotopic (exact) mass is 476 g/mol. The average Bonchev–Trinajstić information content (AvgIpc) is 2.84. The number of nitrogens with zero attached hydrogens (tertiary/aromatic N) is 3. The molecule has 1 aliphatic heterocycles. The van der Waals surface area contributed by atoms with Crippen molar-refractivity contribution in [3.05, 3.63) is 81.5 Å². The Hall–Kier alpha value is -3.98. The number of aromatic nitrogens is 2. The van der Waals surface area contributed by atoms with Crippen molar-refractivity contribution in [2.24, 2.45) is 0 Å². The number of fused-ring (bicyclic) bond motifs is 1. The summed E-state index contributed by atoms with van der Waals surface area (Å²) in [5.74, 6) is -1.17. The zero-order chi connectivity index (χ0) is 25.3. The van der Waals surface area contributed by atoms with Gasteiger partial charge in [0.25, 0.3) is 17.4 Å². The number of ether oxygens (including phenoxy) is 1. The number of hydrogen-bond acceptors (Lipinski definition) is 6. The van der Waals surface area contributed by atoms with Gasteiger partial charge in [-0.1, -0.05) is 36.4 Å². The van der Waals surface area contributed by atoms with Crippen LogP contribution in [-0.2, 0) is 23.4 Å². The predicted octanol–water partition coefficient (Wildman–Crippen LogP) is 2.51. The summed E-state index contributed by atoms with van der Waals surface area (Å²) in [4.78, 5) is 43.9. The number of carbonyl (C=O) groups excluding carboxylic acids is 2. The predicted molar refractivity (Wildman–Crippen MR) is 130 cm³/mol. The van der Waals surface area contributed by atoms with E-state index in [1.807, 2.05) is 42.5 Å². The van der Waals surface area contributed by atoms with E-state index in [9.17, 15) is 19.5 Å². The van der Waals surface area contributed by atoms with E-state index in [0.717, 1.165) is 16.7 Å². The van der Waals surface area contributed by atoms with Crippen LogP contribution in [0.4, 0.5) is 0 Å². The van der Waals surface area contributed by atoms with Crippen LogP contribution in [0.15, 0.2) is 53.3 Å². The third-order valence-corrected chi connectivity index (χ3v) is 5.96. The van der Waals surface area contributed by atoms with Crippen LogP contribution in [0.3, 0.4) is 0 Å². The van der Waals surface area contributed by atoms with Crippen LogP contribution in [0, 0.1) is 0 Å². The number of aromatic hydroxyl groups is 1. The standard InChI is InChI=1S/C26H28N4O5/c1-26(2)25-28-20(21(31)24(34)30(25)12-13-35-26)22(32)27-15-18-8-5-6-11-19(18)16-9-7-10-17(14-16)23(33)29(3)4/h5-11,14,31H,12-13,15H2,1-4H3,(H,27,32). The van der Waals surface area contributed by atoms with Gasteiger partial charge in [-0.15, -0.1) is 0 Å². The second-order valence-corrected chi connectivity index (χ2v) is 9.07. The quantitative estimate of drug-likeness (QED) is 0.585. The Labute approximate surface area is 203 Å². The van der Waals surface area contributed by atoms with Gasteiger partial charge in [0, 0.05) is 26.2 Å². The third-order valence-electron chi connectivity index (χ3n) is 5.96. The Morgan fingerprint density at radius 3 is 2.66 bits per heavy atom. The maximum atomic E-state index is 13.0. The van der Waals surface area contributed by atoms with Crippen molar-refractivity contribution in [3.8, 4) is 16.9 Å². The molecule has 0 radical (unpaired) electrons. The molecule has 2 N–H and O–H groups in total. The molecule has 2 aromatic carbocycles. The highest BCUT2D eigenvalue weighted by Crippen LogP contribution is 2.28. The maximum Gasteiger partial charge on any atom is 0.296 e. The lowest BCUT2D eigenvalue weighted by Gasteiger charge is -2.32. The minimum Gasteiger partial charge on any atom is -0.501 e. The molecule has 0 unspecified atom stereocenters. The highest BCUT2D eigenvalue weighted by molar-refractivity contribution is 5.96. The molecule has 9 nitrogen and oxygen atoms in total. The fourth-order valence-electron chi connectivity index (χ4n) is 4.12. The Morgan fingerprint density at radius 2 is 1.91 bits per heavy atom. The lowest BCUT2D eigenvalue weighted by molar-refractivity contribution is -0.0566. The highest BCUT2D eigenvalue weighted by Gasteiger charge is 2.34. The van der Waals surface area contributed by atoms with E-state index in [4.69, 9.17) is 4.74 Å². The fraction of sp³-hybridized carbons (Fsp3) is 0.308. The number of nitrogens with one attached hydrogen (secondary N) is 1. The molecule has 35 heavy (non-hydrogen) atoms. The number of rotatable bonds is 5. The first-order valence-electron chi connectivity index (χ1n) is 11.3. The smallest absolute Gasteiger partial charge is 0.296 e. The lowest BCUT2D eigenvalue weighted by atomic mass is 9.97. The van der Waals surface area contributed by atoms with Gasteiger partial charge in [-0.05, 0) is 42.7 Å². The number of amides is 2. The van der Waals surface area contributed by atoms with Gasteiger partial charge < -0.3 is 20.1 Å². The molecule has 0 spiro atoms. The normalized spacial score (nSPS) is 14.2. The summed E-state index contributed by atoms with van der Waals surface area (Å²) in [6.07, 6.45) is 0. The molecular weight excluding hydrogens is 448 g/mol. The van der Waals surface area contributed by atoms with Crippen molar-refractivity contribution >= 4 is 11.8 Å². The van der Waals surface area contributed by atoms with Gasteiger partial charge in [-0.2, -0.15) is 0 Å². The molecule has 0 atom stereocenters. The number of hydrogen-bond donors (Lipinski definition) is 2. The van der Waals surface area contributed by atoms with Crippen LogP contribution >= 0.6 is 0 Å². The lowest BCUT2D eigenvalue weighted by Crippen LogP contribution is -2.42. The average molecular weight is 477 g/mol. The molecule has 9 heteroatoms. The first-order chi connectivity index (χ1) is 16.6. The van der Waals surface area contributed by atoms with Crippen molar-refractivity contribution in [2.75, 3.05) is 20.7 Å². The maximum absolute atomic E-state index is 13.0. The van der Waals surface area contributed by atoms with E-state index < -0.39 is 22.8 Å². The van der Waals surface area contributed by atoms with Crippen LogP contribution in [0.5, 0.6) is 5.75 Å². The van der Waals surface area contributed by atoms with E-state index in [2.05, 4.69) is 10.3 Å². The zero-order valence-corrected chi connectivity index (χ0v) is 20.2. The van der Waals surface area contributed by atoms with E-state index in [-0.39, 0.29) is 24.7 Å². The van der Waals surface area contributed by atoms with Crippen molar-refractivity contribution < 1.29 is 19.4 Å². The summed E-state index contributed by atoms with van der Waals surface area (Å²) >= 11 is 0. The van der Waals surface area contributed by atoms with Crippen LogP contribution in [0.1, 0.15) is 46.1 Å². The molecular formula is C26H28N4O5. The summed E-state index contributed by atoms with van der Waals surface area (Å²) in [6.45, 7) is 4.21. The highest BCUT2D eigenvalue weighted by atomic mass is 16.5. The Morgan fingerprint density at radius 1 is 1.17 bits per heavy atom. The van der Waals surface area contributed by atoms with Crippen LogP contribution in [-0.4, -0.2) is 52.1 Å².